The third-order valence-corrected chi connectivity index (χ3v) is 3.63. The second-order valence-electron chi connectivity index (χ2n) is 4.44. The van der Waals surface area contributed by atoms with Gasteiger partial charge in [-0.3, -0.25) is 0 Å². The Kier molecular flexibility index (Phi) is 6.34. The van der Waals surface area contributed by atoms with E-state index in [0.29, 0.717) is 0 Å². The molecular formula is C13H20ClN3OS. The number of fused-ring (bicyclic) bond motifs is 1. The number of anilines is 1. The minimum atomic E-state index is 0. The first kappa shape index (κ1) is 16.0. The normalized spacial score (nSPS) is 10.5. The highest BCUT2D eigenvalue weighted by Crippen LogP contribution is 2.28. The van der Waals surface area contributed by atoms with Crippen molar-refractivity contribution in [1.29, 1.82) is 0 Å². The first-order valence-corrected chi connectivity index (χ1v) is 6.84. The Labute approximate surface area is 124 Å². The Balaban J connectivity index is 0.00000180. The van der Waals surface area contributed by atoms with Crippen molar-refractivity contribution in [2.24, 2.45) is 0 Å². The lowest BCUT2D eigenvalue weighted by molar-refractivity contribution is 0.405. The number of methoxy groups -OCH3 is 1. The highest BCUT2D eigenvalue weighted by molar-refractivity contribution is 7.22. The predicted molar refractivity (Wildman–Crippen MR) is 85.1 cm³/mol. The number of nitrogens with zero attached hydrogens (tertiary/aromatic N) is 2. The highest BCUT2D eigenvalue weighted by Gasteiger charge is 2.04. The van der Waals surface area contributed by atoms with Crippen LogP contribution in [-0.4, -0.2) is 44.2 Å². The Hall–Kier alpha value is -1.04. The van der Waals surface area contributed by atoms with E-state index in [1.807, 2.05) is 18.2 Å². The van der Waals surface area contributed by atoms with E-state index in [0.717, 1.165) is 40.6 Å². The van der Waals surface area contributed by atoms with Gasteiger partial charge in [0.1, 0.15) is 5.75 Å². The SMILES string of the molecule is COc1ccc2nc(NCCCN(C)C)sc2c1.Cl. The van der Waals surface area contributed by atoms with Crippen LogP contribution in [0, 0.1) is 0 Å². The van der Waals surface area contributed by atoms with Crippen LogP contribution in [0.15, 0.2) is 18.2 Å². The predicted octanol–water partition coefficient (Wildman–Crippen LogP) is 3.09. The third-order valence-electron chi connectivity index (χ3n) is 2.65. The van der Waals surface area contributed by atoms with Crippen molar-refractivity contribution < 1.29 is 4.74 Å². The van der Waals surface area contributed by atoms with Crippen LogP contribution in [0.4, 0.5) is 5.13 Å². The molecule has 0 saturated heterocycles. The average Bonchev–Trinajstić information content (AvgIpc) is 2.75. The van der Waals surface area contributed by atoms with Crippen LogP contribution in [0.1, 0.15) is 6.42 Å². The maximum Gasteiger partial charge on any atom is 0.183 e. The molecule has 2 rings (SSSR count). The summed E-state index contributed by atoms with van der Waals surface area (Å²) in [4.78, 5) is 6.73. The summed E-state index contributed by atoms with van der Waals surface area (Å²) >= 11 is 1.67. The van der Waals surface area contributed by atoms with Crippen molar-refractivity contribution >= 4 is 39.1 Å². The fourth-order valence-electron chi connectivity index (χ4n) is 1.70. The van der Waals surface area contributed by atoms with Crippen LogP contribution in [0.5, 0.6) is 5.75 Å². The Morgan fingerprint density at radius 1 is 1.37 bits per heavy atom. The summed E-state index contributed by atoms with van der Waals surface area (Å²) in [6.07, 6.45) is 1.12. The molecule has 0 aliphatic heterocycles. The summed E-state index contributed by atoms with van der Waals surface area (Å²) in [5, 5.41) is 4.35. The number of rotatable bonds is 6. The molecule has 1 N–H and O–H groups in total. The van der Waals surface area contributed by atoms with Crippen molar-refractivity contribution in [3.05, 3.63) is 18.2 Å². The van der Waals surface area contributed by atoms with Crippen molar-refractivity contribution in [3.63, 3.8) is 0 Å². The second-order valence-corrected chi connectivity index (χ2v) is 5.47. The van der Waals surface area contributed by atoms with Crippen LogP contribution in [0.25, 0.3) is 10.2 Å². The van der Waals surface area contributed by atoms with Crippen LogP contribution >= 0.6 is 23.7 Å². The van der Waals surface area contributed by atoms with Gasteiger partial charge in [-0.25, -0.2) is 4.98 Å². The fraction of sp³-hybridized carbons (Fsp3) is 0.462. The molecule has 0 saturated carbocycles. The molecule has 0 radical (unpaired) electrons. The summed E-state index contributed by atoms with van der Waals surface area (Å²) in [6, 6.07) is 5.96. The average molecular weight is 302 g/mol. The van der Waals surface area contributed by atoms with Crippen LogP contribution in [0.3, 0.4) is 0 Å². The maximum absolute atomic E-state index is 5.21. The molecule has 1 aromatic heterocycles. The number of ether oxygens (including phenoxy) is 1. The Morgan fingerprint density at radius 3 is 2.84 bits per heavy atom. The lowest BCUT2D eigenvalue weighted by atomic mass is 10.3. The van der Waals surface area contributed by atoms with Crippen LogP contribution in [0.2, 0.25) is 0 Å². The molecule has 0 spiro atoms. The molecule has 0 aliphatic rings. The first-order valence-electron chi connectivity index (χ1n) is 6.02. The topological polar surface area (TPSA) is 37.4 Å². The maximum atomic E-state index is 5.21. The summed E-state index contributed by atoms with van der Waals surface area (Å²) < 4.78 is 6.37. The number of nitrogens with one attached hydrogen (secondary N) is 1. The molecule has 1 heterocycles. The summed E-state index contributed by atoms with van der Waals surface area (Å²) in [7, 11) is 5.86. The number of hydrogen-bond donors (Lipinski definition) is 1. The smallest absolute Gasteiger partial charge is 0.183 e. The number of thiazole rings is 1. The quantitative estimate of drug-likeness (QED) is 0.832. The van der Waals surface area contributed by atoms with Gasteiger partial charge in [-0.15, -0.1) is 12.4 Å². The molecule has 106 valence electrons. The standard InChI is InChI=1S/C13H19N3OS.ClH/c1-16(2)8-4-7-14-13-15-11-6-5-10(17-3)9-12(11)18-13;/h5-6,9H,4,7-8H2,1-3H3,(H,14,15);1H. The molecule has 6 heteroatoms. The van der Waals surface area contributed by atoms with Gasteiger partial charge in [0, 0.05) is 6.54 Å². The molecule has 4 nitrogen and oxygen atoms in total. The van der Waals surface area contributed by atoms with Gasteiger partial charge in [0.05, 0.1) is 17.3 Å². The highest BCUT2D eigenvalue weighted by atomic mass is 35.5. The zero-order chi connectivity index (χ0) is 13.0. The van der Waals surface area contributed by atoms with Gasteiger partial charge in [-0.05, 0) is 45.3 Å². The molecule has 0 unspecified atom stereocenters. The minimum absolute atomic E-state index is 0. The van der Waals surface area contributed by atoms with Crippen LogP contribution in [-0.2, 0) is 0 Å². The lowest BCUT2D eigenvalue weighted by Gasteiger charge is -2.08. The van der Waals surface area contributed by atoms with E-state index in [1.54, 1.807) is 18.4 Å². The van der Waals surface area contributed by atoms with Gasteiger partial charge in [-0.2, -0.15) is 0 Å². The largest absolute Gasteiger partial charge is 0.497 e. The molecule has 0 bridgehead atoms. The van der Waals surface area contributed by atoms with Gasteiger partial charge in [0.25, 0.3) is 0 Å². The van der Waals surface area contributed by atoms with Gasteiger partial charge in [-0.1, -0.05) is 11.3 Å². The summed E-state index contributed by atoms with van der Waals surface area (Å²) in [5.41, 5.74) is 1.02. The monoisotopic (exact) mass is 301 g/mol. The molecule has 0 aliphatic carbocycles. The van der Waals surface area contributed by atoms with E-state index in [2.05, 4.69) is 29.3 Å². The molecule has 0 amide bonds. The van der Waals surface area contributed by atoms with E-state index in [4.69, 9.17) is 4.74 Å². The minimum Gasteiger partial charge on any atom is -0.497 e. The molecular weight excluding hydrogens is 282 g/mol. The van der Waals surface area contributed by atoms with Gasteiger partial charge < -0.3 is 15.0 Å². The van der Waals surface area contributed by atoms with Gasteiger partial charge >= 0.3 is 0 Å². The van der Waals surface area contributed by atoms with E-state index in [-0.39, 0.29) is 12.4 Å². The van der Waals surface area contributed by atoms with E-state index >= 15 is 0 Å². The van der Waals surface area contributed by atoms with E-state index in [9.17, 15) is 0 Å². The fourth-order valence-corrected chi connectivity index (χ4v) is 2.62. The van der Waals surface area contributed by atoms with Gasteiger partial charge in [0.2, 0.25) is 0 Å². The van der Waals surface area contributed by atoms with E-state index < -0.39 is 0 Å². The number of hydrogen-bond acceptors (Lipinski definition) is 5. The molecule has 0 atom stereocenters. The number of benzene rings is 1. The van der Waals surface area contributed by atoms with Gasteiger partial charge in [0.15, 0.2) is 5.13 Å². The Bertz CT molecular complexity index is 516. The van der Waals surface area contributed by atoms with Crippen molar-refractivity contribution in [2.45, 2.75) is 6.42 Å². The summed E-state index contributed by atoms with van der Waals surface area (Å²) in [5.74, 6) is 0.880. The zero-order valence-corrected chi connectivity index (χ0v) is 13.1. The van der Waals surface area contributed by atoms with E-state index in [1.165, 1.54) is 0 Å². The van der Waals surface area contributed by atoms with Crippen LogP contribution < -0.4 is 10.1 Å². The first-order chi connectivity index (χ1) is 8.69. The van der Waals surface area contributed by atoms with Crippen molar-refractivity contribution in [3.8, 4) is 5.75 Å². The number of aromatic nitrogens is 1. The number of halogens is 1. The molecule has 19 heavy (non-hydrogen) atoms. The molecule has 0 fully saturated rings. The Morgan fingerprint density at radius 2 is 2.16 bits per heavy atom. The zero-order valence-electron chi connectivity index (χ0n) is 11.5. The molecule has 2 aromatic rings. The van der Waals surface area contributed by atoms with Crippen molar-refractivity contribution in [1.82, 2.24) is 9.88 Å². The lowest BCUT2D eigenvalue weighted by Crippen LogP contribution is -2.16. The third kappa shape index (κ3) is 4.53. The molecule has 1 aromatic carbocycles. The van der Waals surface area contributed by atoms with Crippen molar-refractivity contribution in [2.75, 3.05) is 39.6 Å². The summed E-state index contributed by atoms with van der Waals surface area (Å²) in [6.45, 7) is 2.04. The second kappa shape index (κ2) is 7.53.